The van der Waals surface area contributed by atoms with Crippen LogP contribution in [-0.4, -0.2) is 41.2 Å². The summed E-state index contributed by atoms with van der Waals surface area (Å²) in [6.45, 7) is 2.30. The Morgan fingerprint density at radius 1 is 1.06 bits per heavy atom. The molecular weight excluding hydrogens is 625 g/mol. The van der Waals surface area contributed by atoms with Crippen molar-refractivity contribution in [1.29, 1.82) is 0 Å². The van der Waals surface area contributed by atoms with Gasteiger partial charge in [-0.2, -0.15) is 13.2 Å². The molecule has 1 aliphatic carbocycles. The summed E-state index contributed by atoms with van der Waals surface area (Å²) >= 11 is 0. The van der Waals surface area contributed by atoms with E-state index in [1.165, 1.54) is 25.2 Å². The number of nitrogens with one attached hydrogen (secondary N) is 1. The van der Waals surface area contributed by atoms with Crippen LogP contribution in [0.15, 0.2) is 82.4 Å². The zero-order valence-corrected chi connectivity index (χ0v) is 26.2. The largest absolute Gasteiger partial charge is 0.466 e. The number of rotatable bonds is 13. The normalized spacial score (nSPS) is 18.3. The number of allylic oxidation sites excluding steroid dienone is 2. The number of halogens is 5. The van der Waals surface area contributed by atoms with Gasteiger partial charge in [0.05, 0.1) is 37.2 Å². The van der Waals surface area contributed by atoms with Crippen LogP contribution in [0.4, 0.5) is 22.0 Å². The maximum atomic E-state index is 16.1. The van der Waals surface area contributed by atoms with Crippen molar-refractivity contribution in [2.45, 2.75) is 63.8 Å². The Balaban J connectivity index is 1.88. The smallest absolute Gasteiger partial charge is 0.416 e. The van der Waals surface area contributed by atoms with Crippen LogP contribution in [0.25, 0.3) is 0 Å². The van der Waals surface area contributed by atoms with Crippen molar-refractivity contribution >= 4 is 5.97 Å². The van der Waals surface area contributed by atoms with Crippen molar-refractivity contribution in [3.8, 4) is 0 Å². The SMILES string of the molecule is CCOC(=O)CCCNC(Cn1c(=O)c(C2C=CC=CC2(F)OC)c(C)n(Cc2c(F)cccc2C(F)(F)F)c1=O)c1ccccc1. The third-order valence-electron chi connectivity index (χ3n) is 8.08. The first-order chi connectivity index (χ1) is 22.3. The molecule has 3 aromatic rings. The van der Waals surface area contributed by atoms with E-state index in [9.17, 15) is 27.6 Å². The third-order valence-corrected chi connectivity index (χ3v) is 8.08. The lowest BCUT2D eigenvalue weighted by molar-refractivity contribution is -0.143. The van der Waals surface area contributed by atoms with Gasteiger partial charge in [0.15, 0.2) is 0 Å². The van der Waals surface area contributed by atoms with Crippen LogP contribution in [0.5, 0.6) is 0 Å². The van der Waals surface area contributed by atoms with Crippen LogP contribution < -0.4 is 16.6 Å². The van der Waals surface area contributed by atoms with Crippen LogP contribution in [0.3, 0.4) is 0 Å². The van der Waals surface area contributed by atoms with Gasteiger partial charge in [-0.1, -0.05) is 54.6 Å². The molecule has 47 heavy (non-hydrogen) atoms. The second-order valence-electron chi connectivity index (χ2n) is 11.0. The minimum atomic E-state index is -4.95. The molecule has 0 aliphatic heterocycles. The Morgan fingerprint density at radius 2 is 1.79 bits per heavy atom. The molecular formula is C34H36F5N3O5. The van der Waals surface area contributed by atoms with E-state index in [2.05, 4.69) is 5.32 Å². The van der Waals surface area contributed by atoms with Crippen LogP contribution >= 0.6 is 0 Å². The molecule has 1 aliphatic rings. The van der Waals surface area contributed by atoms with Gasteiger partial charge in [-0.3, -0.25) is 18.7 Å². The number of ether oxygens (including phenoxy) is 2. The number of alkyl halides is 4. The van der Waals surface area contributed by atoms with Crippen molar-refractivity contribution in [3.05, 3.63) is 127 Å². The van der Waals surface area contributed by atoms with Gasteiger partial charge in [0, 0.05) is 30.4 Å². The summed E-state index contributed by atoms with van der Waals surface area (Å²) in [6, 6.07) is 10.5. The van der Waals surface area contributed by atoms with Gasteiger partial charge in [0.1, 0.15) is 5.82 Å². The molecule has 0 amide bonds. The van der Waals surface area contributed by atoms with Crippen LogP contribution in [-0.2, 0) is 33.5 Å². The van der Waals surface area contributed by atoms with E-state index in [4.69, 9.17) is 9.47 Å². The lowest BCUT2D eigenvalue weighted by atomic mass is 9.87. The fourth-order valence-electron chi connectivity index (χ4n) is 5.65. The first-order valence-corrected chi connectivity index (χ1v) is 15.0. The van der Waals surface area contributed by atoms with Crippen molar-refractivity contribution in [2.75, 3.05) is 20.3 Å². The summed E-state index contributed by atoms with van der Waals surface area (Å²) < 4.78 is 84.8. The number of nitrogens with zero attached hydrogens (tertiary/aromatic N) is 2. The first kappa shape index (κ1) is 35.5. The molecule has 1 aromatic heterocycles. The average Bonchev–Trinajstić information content (AvgIpc) is 3.04. The molecule has 13 heteroatoms. The molecule has 1 N–H and O–H groups in total. The summed E-state index contributed by atoms with van der Waals surface area (Å²) in [5.74, 6) is -5.51. The quantitative estimate of drug-likeness (QED) is 0.143. The molecule has 252 valence electrons. The molecule has 0 radical (unpaired) electrons. The lowest BCUT2D eigenvalue weighted by Gasteiger charge is -2.32. The zero-order chi connectivity index (χ0) is 34.4. The fourth-order valence-corrected chi connectivity index (χ4v) is 5.65. The fraction of sp³-hybridized carbons (Fsp3) is 0.382. The molecule has 0 spiro atoms. The highest BCUT2D eigenvalue weighted by molar-refractivity contribution is 5.69. The van der Waals surface area contributed by atoms with Gasteiger partial charge in [-0.25, -0.2) is 13.6 Å². The number of hydrogen-bond acceptors (Lipinski definition) is 6. The van der Waals surface area contributed by atoms with E-state index >= 15 is 8.78 Å². The van der Waals surface area contributed by atoms with Crippen molar-refractivity contribution in [1.82, 2.24) is 14.5 Å². The predicted molar refractivity (Wildman–Crippen MR) is 165 cm³/mol. The van der Waals surface area contributed by atoms with Crippen molar-refractivity contribution < 1.29 is 36.2 Å². The Morgan fingerprint density at radius 3 is 2.45 bits per heavy atom. The first-order valence-electron chi connectivity index (χ1n) is 15.0. The highest BCUT2D eigenvalue weighted by Crippen LogP contribution is 2.38. The summed E-state index contributed by atoms with van der Waals surface area (Å²) in [5, 5.41) is 3.24. The van der Waals surface area contributed by atoms with E-state index in [-0.39, 0.29) is 43.3 Å². The number of carbonyl (C=O) groups is 1. The number of benzene rings is 2. The minimum Gasteiger partial charge on any atom is -0.466 e. The topological polar surface area (TPSA) is 91.6 Å². The van der Waals surface area contributed by atoms with E-state index in [1.54, 1.807) is 37.3 Å². The molecule has 2 aromatic carbocycles. The standard InChI is InChI=1S/C34H36F5N3O5/c1-4-47-29(43)17-11-19-40-28(23-12-6-5-7-13-23)21-42-31(44)30(26-14-8-9-18-33(26,36)46-3)22(2)41(32(42)45)20-24-25(34(37,38)39)15-10-16-27(24)35/h5-10,12-16,18,26,28,40H,4,11,17,19-21H2,1-3H3. The second kappa shape index (κ2) is 15.0. The number of methoxy groups -OCH3 is 1. The van der Waals surface area contributed by atoms with Gasteiger partial charge in [0.2, 0.25) is 5.85 Å². The maximum Gasteiger partial charge on any atom is 0.416 e. The Labute approximate surface area is 268 Å². The van der Waals surface area contributed by atoms with Gasteiger partial charge >= 0.3 is 17.8 Å². The summed E-state index contributed by atoms with van der Waals surface area (Å²) in [7, 11) is 1.10. The highest BCUT2D eigenvalue weighted by atomic mass is 19.4. The number of carbonyl (C=O) groups excluding carboxylic acids is 1. The summed E-state index contributed by atoms with van der Waals surface area (Å²) in [4.78, 5) is 40.1. The van der Waals surface area contributed by atoms with E-state index < -0.39 is 58.7 Å². The number of hydrogen-bond donors (Lipinski definition) is 1. The minimum absolute atomic E-state index is 0.116. The van der Waals surface area contributed by atoms with Crippen LogP contribution in [0, 0.1) is 12.7 Å². The molecule has 8 nitrogen and oxygen atoms in total. The van der Waals surface area contributed by atoms with Crippen LogP contribution in [0.2, 0.25) is 0 Å². The monoisotopic (exact) mass is 661 g/mol. The van der Waals surface area contributed by atoms with E-state index in [0.717, 1.165) is 34.5 Å². The molecule has 0 fully saturated rings. The molecule has 0 saturated heterocycles. The molecule has 0 bridgehead atoms. The Bertz CT molecular complexity index is 1750. The number of aromatic nitrogens is 2. The second-order valence-corrected chi connectivity index (χ2v) is 11.0. The molecule has 3 unspecified atom stereocenters. The van der Waals surface area contributed by atoms with E-state index in [1.807, 2.05) is 0 Å². The van der Waals surface area contributed by atoms with Crippen molar-refractivity contribution in [3.63, 3.8) is 0 Å². The maximum absolute atomic E-state index is 16.1. The molecule has 4 rings (SSSR count). The van der Waals surface area contributed by atoms with E-state index in [0.29, 0.717) is 18.1 Å². The molecule has 0 saturated carbocycles. The van der Waals surface area contributed by atoms with Gasteiger partial charge in [0.25, 0.3) is 5.56 Å². The molecule has 1 heterocycles. The Kier molecular flexibility index (Phi) is 11.4. The third kappa shape index (κ3) is 7.96. The van der Waals surface area contributed by atoms with Gasteiger partial charge in [-0.15, -0.1) is 0 Å². The lowest BCUT2D eigenvalue weighted by Crippen LogP contribution is -2.48. The molecule has 3 atom stereocenters. The van der Waals surface area contributed by atoms with Gasteiger partial charge in [-0.05, 0) is 50.6 Å². The summed E-state index contributed by atoms with van der Waals surface area (Å²) in [5.41, 5.74) is -3.72. The Hall–Kier alpha value is -4.36. The zero-order valence-electron chi connectivity index (χ0n) is 26.2. The summed E-state index contributed by atoms with van der Waals surface area (Å²) in [6.07, 6.45) is 0.850. The average molecular weight is 662 g/mol. The number of esters is 1. The van der Waals surface area contributed by atoms with Crippen LogP contribution in [0.1, 0.15) is 59.7 Å². The van der Waals surface area contributed by atoms with Crippen molar-refractivity contribution in [2.24, 2.45) is 0 Å². The highest BCUT2D eigenvalue weighted by Gasteiger charge is 2.42. The predicted octanol–water partition coefficient (Wildman–Crippen LogP) is 5.72. The van der Waals surface area contributed by atoms with Gasteiger partial charge < -0.3 is 14.8 Å².